The normalized spacial score (nSPS) is 31.7. The van der Waals surface area contributed by atoms with Crippen LogP contribution in [0, 0.1) is 0 Å². The van der Waals surface area contributed by atoms with Gasteiger partial charge in [0.25, 0.3) is 0 Å². The van der Waals surface area contributed by atoms with Crippen molar-refractivity contribution in [3.63, 3.8) is 0 Å². The van der Waals surface area contributed by atoms with Gasteiger partial charge < -0.3 is 9.84 Å². The Morgan fingerprint density at radius 2 is 1.72 bits per heavy atom. The van der Waals surface area contributed by atoms with Crippen molar-refractivity contribution in [2.75, 3.05) is 20.3 Å². The topological polar surface area (TPSA) is 66.8 Å². The van der Waals surface area contributed by atoms with E-state index < -0.39 is 16.1 Å². The molecule has 1 saturated heterocycles. The molecule has 2 rings (SSSR count). The summed E-state index contributed by atoms with van der Waals surface area (Å²) in [6.45, 7) is 1.04. The Balaban J connectivity index is 2.07. The number of hydrogen-bond donors (Lipinski definition) is 1. The van der Waals surface area contributed by atoms with Crippen LogP contribution in [0.2, 0.25) is 0 Å². The fourth-order valence-electron chi connectivity index (χ4n) is 2.91. The molecule has 2 fully saturated rings. The number of aliphatic hydroxyl groups is 1. The van der Waals surface area contributed by atoms with Crippen molar-refractivity contribution in [2.24, 2.45) is 0 Å². The molecule has 0 aromatic rings. The van der Waals surface area contributed by atoms with Crippen LogP contribution in [0.15, 0.2) is 0 Å². The minimum atomic E-state index is -3.30. The van der Waals surface area contributed by atoms with Crippen LogP contribution in [0.5, 0.6) is 0 Å². The first kappa shape index (κ1) is 14.2. The third-order valence-corrected chi connectivity index (χ3v) is 6.54. The Morgan fingerprint density at radius 3 is 2.33 bits per heavy atom. The van der Waals surface area contributed by atoms with Gasteiger partial charge in [-0.05, 0) is 25.7 Å². The van der Waals surface area contributed by atoms with Crippen LogP contribution in [-0.2, 0) is 14.8 Å². The fourth-order valence-corrected chi connectivity index (χ4v) is 4.80. The molecule has 0 aromatic heterocycles. The van der Waals surface area contributed by atoms with Crippen molar-refractivity contribution in [3.05, 3.63) is 0 Å². The Labute approximate surface area is 109 Å². The largest absolute Gasteiger partial charge is 0.391 e. The number of sulfonamides is 1. The molecule has 5 nitrogen and oxygen atoms in total. The summed E-state index contributed by atoms with van der Waals surface area (Å²) in [5.41, 5.74) is 0. The minimum absolute atomic E-state index is 0.244. The highest BCUT2D eigenvalue weighted by Gasteiger charge is 2.38. The minimum Gasteiger partial charge on any atom is -0.391 e. The molecule has 2 atom stereocenters. The lowest BCUT2D eigenvalue weighted by atomic mass is 9.93. The first-order valence-electron chi connectivity index (χ1n) is 6.76. The first-order chi connectivity index (χ1) is 8.53. The molecule has 0 bridgehead atoms. The van der Waals surface area contributed by atoms with Crippen molar-refractivity contribution in [2.45, 2.75) is 55.9 Å². The molecule has 0 aromatic carbocycles. The maximum atomic E-state index is 12.5. The highest BCUT2D eigenvalue weighted by molar-refractivity contribution is 7.89. The molecule has 1 heterocycles. The predicted octanol–water partition coefficient (Wildman–Crippen LogP) is 0.730. The van der Waals surface area contributed by atoms with Gasteiger partial charge in [0.2, 0.25) is 10.0 Å². The van der Waals surface area contributed by atoms with Crippen LogP contribution in [0.4, 0.5) is 0 Å². The van der Waals surface area contributed by atoms with Gasteiger partial charge in [-0.15, -0.1) is 0 Å². The monoisotopic (exact) mass is 277 g/mol. The van der Waals surface area contributed by atoms with Gasteiger partial charge in [0, 0.05) is 20.3 Å². The summed E-state index contributed by atoms with van der Waals surface area (Å²) < 4.78 is 31.6. The molecule has 1 N–H and O–H groups in total. The van der Waals surface area contributed by atoms with E-state index in [0.717, 1.165) is 19.3 Å². The Hall–Kier alpha value is -0.170. The highest BCUT2D eigenvalue weighted by Crippen LogP contribution is 2.27. The number of hydrogen-bond acceptors (Lipinski definition) is 4. The second-order valence-electron chi connectivity index (χ2n) is 5.29. The highest BCUT2D eigenvalue weighted by atomic mass is 32.2. The van der Waals surface area contributed by atoms with Gasteiger partial charge >= 0.3 is 0 Å². The third kappa shape index (κ3) is 2.87. The van der Waals surface area contributed by atoms with Crippen LogP contribution in [0.25, 0.3) is 0 Å². The summed E-state index contributed by atoms with van der Waals surface area (Å²) in [5.74, 6) is 0. The van der Waals surface area contributed by atoms with E-state index in [4.69, 9.17) is 4.74 Å². The summed E-state index contributed by atoms with van der Waals surface area (Å²) in [7, 11) is -1.69. The SMILES string of the molecule is CN(C1CCCCC1O)S(=O)(=O)C1CCOCC1. The van der Waals surface area contributed by atoms with E-state index in [0.29, 0.717) is 32.5 Å². The van der Waals surface area contributed by atoms with E-state index in [2.05, 4.69) is 0 Å². The molecule has 2 aliphatic rings. The van der Waals surface area contributed by atoms with Crippen molar-refractivity contribution in [3.8, 4) is 0 Å². The van der Waals surface area contributed by atoms with Gasteiger partial charge in [-0.3, -0.25) is 0 Å². The summed E-state index contributed by atoms with van der Waals surface area (Å²) in [6.07, 6.45) is 4.07. The van der Waals surface area contributed by atoms with Crippen molar-refractivity contribution < 1.29 is 18.3 Å². The van der Waals surface area contributed by atoms with Gasteiger partial charge in [-0.2, -0.15) is 4.31 Å². The zero-order valence-electron chi connectivity index (χ0n) is 10.9. The van der Waals surface area contributed by atoms with Gasteiger partial charge in [-0.25, -0.2) is 8.42 Å². The summed E-state index contributed by atoms with van der Waals surface area (Å²) in [5, 5.41) is 9.63. The number of aliphatic hydroxyl groups excluding tert-OH is 1. The second-order valence-corrected chi connectivity index (χ2v) is 7.56. The Bertz CT molecular complexity index is 364. The predicted molar refractivity (Wildman–Crippen MR) is 68.8 cm³/mol. The summed E-state index contributed by atoms with van der Waals surface area (Å²) in [6, 6.07) is -0.244. The Morgan fingerprint density at radius 1 is 1.11 bits per heavy atom. The van der Waals surface area contributed by atoms with E-state index in [9.17, 15) is 13.5 Å². The summed E-state index contributed by atoms with van der Waals surface area (Å²) in [4.78, 5) is 0. The average Bonchev–Trinajstić information content (AvgIpc) is 2.39. The number of ether oxygens (including phenoxy) is 1. The van der Waals surface area contributed by atoms with Crippen LogP contribution in [0.3, 0.4) is 0 Å². The zero-order chi connectivity index (χ0) is 13.2. The van der Waals surface area contributed by atoms with Crippen molar-refractivity contribution >= 4 is 10.0 Å². The molecule has 0 spiro atoms. The molecule has 1 saturated carbocycles. The average molecular weight is 277 g/mol. The van der Waals surface area contributed by atoms with Crippen molar-refractivity contribution in [1.82, 2.24) is 4.31 Å². The standard InChI is InChI=1S/C12H23NO4S/c1-13(11-4-2-3-5-12(11)14)18(15,16)10-6-8-17-9-7-10/h10-12,14H,2-9H2,1H3. The van der Waals surface area contributed by atoms with E-state index in [1.54, 1.807) is 7.05 Å². The molecule has 18 heavy (non-hydrogen) atoms. The Kier molecular flexibility index (Phi) is 4.64. The first-order valence-corrected chi connectivity index (χ1v) is 8.26. The van der Waals surface area contributed by atoms with E-state index in [-0.39, 0.29) is 11.3 Å². The number of nitrogens with zero attached hydrogens (tertiary/aromatic N) is 1. The van der Waals surface area contributed by atoms with Crippen molar-refractivity contribution in [1.29, 1.82) is 0 Å². The molecular formula is C12H23NO4S. The zero-order valence-corrected chi connectivity index (χ0v) is 11.7. The van der Waals surface area contributed by atoms with Crippen LogP contribution >= 0.6 is 0 Å². The van der Waals surface area contributed by atoms with Gasteiger partial charge in [0.05, 0.1) is 17.4 Å². The smallest absolute Gasteiger partial charge is 0.217 e. The molecular weight excluding hydrogens is 254 g/mol. The number of rotatable bonds is 3. The van der Waals surface area contributed by atoms with Crippen LogP contribution in [-0.4, -0.2) is 55.5 Å². The molecule has 0 radical (unpaired) electrons. The molecule has 1 aliphatic carbocycles. The van der Waals surface area contributed by atoms with Crippen LogP contribution < -0.4 is 0 Å². The van der Waals surface area contributed by atoms with E-state index >= 15 is 0 Å². The molecule has 1 aliphatic heterocycles. The van der Waals surface area contributed by atoms with Gasteiger partial charge in [0.15, 0.2) is 0 Å². The fraction of sp³-hybridized carbons (Fsp3) is 1.00. The molecule has 106 valence electrons. The lowest BCUT2D eigenvalue weighted by molar-refractivity contribution is 0.0612. The summed E-state index contributed by atoms with van der Waals surface area (Å²) >= 11 is 0. The quantitative estimate of drug-likeness (QED) is 0.826. The second kappa shape index (κ2) is 5.86. The third-order valence-electron chi connectivity index (χ3n) is 4.15. The molecule has 2 unspecified atom stereocenters. The van der Waals surface area contributed by atoms with E-state index in [1.807, 2.05) is 0 Å². The maximum absolute atomic E-state index is 12.5. The van der Waals surface area contributed by atoms with Gasteiger partial charge in [-0.1, -0.05) is 12.8 Å². The lowest BCUT2D eigenvalue weighted by Gasteiger charge is -2.37. The maximum Gasteiger partial charge on any atom is 0.217 e. The van der Waals surface area contributed by atoms with Crippen LogP contribution in [0.1, 0.15) is 38.5 Å². The van der Waals surface area contributed by atoms with E-state index in [1.165, 1.54) is 4.31 Å². The molecule has 6 heteroatoms. The molecule has 0 amide bonds. The van der Waals surface area contributed by atoms with Gasteiger partial charge in [0.1, 0.15) is 0 Å². The number of likely N-dealkylation sites (N-methyl/N-ethyl adjacent to an activating group) is 1. The lowest BCUT2D eigenvalue weighted by Crippen LogP contribution is -2.50.